The number of H-pyrrole nitrogens is 1. The third-order valence-electron chi connectivity index (χ3n) is 7.50. The predicted molar refractivity (Wildman–Crippen MR) is 154 cm³/mol. The van der Waals surface area contributed by atoms with Gasteiger partial charge in [-0.05, 0) is 61.3 Å². The number of anilines is 2. The van der Waals surface area contributed by atoms with Crippen LogP contribution in [0.25, 0.3) is 11.4 Å². The van der Waals surface area contributed by atoms with Gasteiger partial charge in [0.05, 0.1) is 23.2 Å². The summed E-state index contributed by atoms with van der Waals surface area (Å²) in [6.07, 6.45) is 5.87. The second-order valence-corrected chi connectivity index (χ2v) is 12.8. The fourth-order valence-electron chi connectivity index (χ4n) is 5.66. The Morgan fingerprint density at radius 2 is 1.92 bits per heavy atom. The SMILES string of the molecule is CC[C@H]1CN(c2ncc(NS(C)(=O)=O)cc2Cl)CCN1C1CCN(Cc2ccc(Cl)cc2-c2nn[nH]n2)CC1. The number of sulfonamides is 1. The van der Waals surface area contributed by atoms with Gasteiger partial charge in [-0.25, -0.2) is 13.4 Å². The maximum absolute atomic E-state index is 11.5. The molecule has 210 valence electrons. The van der Waals surface area contributed by atoms with E-state index in [1.54, 1.807) is 6.07 Å². The highest BCUT2D eigenvalue weighted by atomic mass is 35.5. The zero-order valence-corrected chi connectivity index (χ0v) is 24.3. The molecule has 14 heteroatoms. The molecule has 11 nitrogen and oxygen atoms in total. The minimum absolute atomic E-state index is 0.367. The number of halogens is 2. The van der Waals surface area contributed by atoms with Crippen LogP contribution < -0.4 is 9.62 Å². The molecule has 2 fully saturated rings. The first-order valence-corrected chi connectivity index (χ1v) is 15.7. The third-order valence-corrected chi connectivity index (χ3v) is 8.62. The molecule has 39 heavy (non-hydrogen) atoms. The summed E-state index contributed by atoms with van der Waals surface area (Å²) in [6, 6.07) is 8.41. The topological polar surface area (TPSA) is 123 Å². The quantitative estimate of drug-likeness (QED) is 0.403. The van der Waals surface area contributed by atoms with Crippen LogP contribution in [0, 0.1) is 0 Å². The van der Waals surface area contributed by atoms with Crippen LogP contribution in [0.3, 0.4) is 0 Å². The van der Waals surface area contributed by atoms with Gasteiger partial charge < -0.3 is 4.90 Å². The molecule has 2 aromatic heterocycles. The Labute approximate surface area is 238 Å². The van der Waals surface area contributed by atoms with Crippen molar-refractivity contribution in [1.82, 2.24) is 35.4 Å². The number of tetrazole rings is 1. The molecule has 0 saturated carbocycles. The van der Waals surface area contributed by atoms with Gasteiger partial charge in [0.2, 0.25) is 15.8 Å². The summed E-state index contributed by atoms with van der Waals surface area (Å²) < 4.78 is 25.5. The zero-order chi connectivity index (χ0) is 27.6. The van der Waals surface area contributed by atoms with Crippen molar-refractivity contribution in [3.05, 3.63) is 46.1 Å². The highest BCUT2D eigenvalue weighted by molar-refractivity contribution is 7.92. The van der Waals surface area contributed by atoms with Gasteiger partial charge in [0, 0.05) is 48.8 Å². The van der Waals surface area contributed by atoms with E-state index in [1.807, 2.05) is 12.1 Å². The average molecular weight is 595 g/mol. The van der Waals surface area contributed by atoms with Crippen LogP contribution in [0.1, 0.15) is 31.7 Å². The number of likely N-dealkylation sites (tertiary alicyclic amines) is 1. The summed E-state index contributed by atoms with van der Waals surface area (Å²) in [5, 5.41) is 15.6. The van der Waals surface area contributed by atoms with E-state index in [0.29, 0.717) is 39.5 Å². The molecule has 2 saturated heterocycles. The lowest BCUT2D eigenvalue weighted by molar-refractivity contribution is 0.0611. The Bertz CT molecular complexity index is 1380. The maximum Gasteiger partial charge on any atom is 0.229 e. The molecule has 0 unspecified atom stereocenters. The van der Waals surface area contributed by atoms with Gasteiger partial charge in [-0.3, -0.25) is 14.5 Å². The minimum atomic E-state index is -3.39. The number of aromatic nitrogens is 5. The van der Waals surface area contributed by atoms with Crippen LogP contribution in [0.4, 0.5) is 11.5 Å². The summed E-state index contributed by atoms with van der Waals surface area (Å²) in [5.41, 5.74) is 2.42. The molecule has 3 aromatic rings. The maximum atomic E-state index is 11.5. The normalized spacial score (nSPS) is 19.9. The highest BCUT2D eigenvalue weighted by Crippen LogP contribution is 2.31. The third kappa shape index (κ3) is 6.80. The minimum Gasteiger partial charge on any atom is -0.353 e. The van der Waals surface area contributed by atoms with E-state index < -0.39 is 10.0 Å². The molecule has 1 aromatic carbocycles. The lowest BCUT2D eigenvalue weighted by Crippen LogP contribution is -2.58. The van der Waals surface area contributed by atoms with Gasteiger partial charge in [0.15, 0.2) is 0 Å². The van der Waals surface area contributed by atoms with Crippen LogP contribution >= 0.6 is 23.2 Å². The van der Waals surface area contributed by atoms with Crippen molar-refractivity contribution in [1.29, 1.82) is 0 Å². The summed E-state index contributed by atoms with van der Waals surface area (Å²) in [5.74, 6) is 1.26. The van der Waals surface area contributed by atoms with Gasteiger partial charge in [0.25, 0.3) is 0 Å². The lowest BCUT2D eigenvalue weighted by atomic mass is 9.97. The molecule has 0 spiro atoms. The number of benzene rings is 1. The fourth-order valence-corrected chi connectivity index (χ4v) is 6.66. The molecule has 5 rings (SSSR count). The van der Waals surface area contributed by atoms with Crippen LogP contribution in [0.15, 0.2) is 30.5 Å². The van der Waals surface area contributed by atoms with E-state index in [1.165, 1.54) is 6.20 Å². The van der Waals surface area contributed by atoms with Gasteiger partial charge in [-0.15, -0.1) is 10.2 Å². The molecule has 2 N–H and O–H groups in total. The van der Waals surface area contributed by atoms with Gasteiger partial charge in [-0.2, -0.15) is 5.21 Å². The molecular weight excluding hydrogens is 561 g/mol. The zero-order valence-electron chi connectivity index (χ0n) is 22.0. The molecule has 2 aliphatic rings. The number of hydrogen-bond acceptors (Lipinski definition) is 9. The first kappa shape index (κ1) is 28.0. The molecule has 1 atom stereocenters. The van der Waals surface area contributed by atoms with Crippen molar-refractivity contribution in [2.24, 2.45) is 0 Å². The number of nitrogens with zero attached hydrogens (tertiary/aromatic N) is 7. The van der Waals surface area contributed by atoms with E-state index in [4.69, 9.17) is 23.2 Å². The standard InChI is InChI=1S/C25H33Cl2N9O2S/c1-3-20-16-35(25-23(27)13-19(14-28-25)31-39(2,37)38)10-11-36(20)21-6-8-34(9-7-21)15-17-4-5-18(26)12-22(17)24-29-32-33-30-24/h4-5,12-14,20-21,31H,3,6-11,15-16H2,1-2H3,(H,29,30,32,33)/t20-/m0/s1. The number of hydrogen-bond donors (Lipinski definition) is 2. The predicted octanol–water partition coefficient (Wildman–Crippen LogP) is 3.51. The number of pyridine rings is 1. The van der Waals surface area contributed by atoms with Crippen LogP contribution in [-0.4, -0.2) is 94.9 Å². The summed E-state index contributed by atoms with van der Waals surface area (Å²) in [7, 11) is -3.39. The van der Waals surface area contributed by atoms with Crippen molar-refractivity contribution in [2.75, 3.05) is 48.6 Å². The van der Waals surface area contributed by atoms with Gasteiger partial charge >= 0.3 is 0 Å². The van der Waals surface area contributed by atoms with Crippen molar-refractivity contribution in [2.45, 2.75) is 44.8 Å². The van der Waals surface area contributed by atoms with Crippen molar-refractivity contribution >= 4 is 44.7 Å². The second-order valence-electron chi connectivity index (χ2n) is 10.2. The molecule has 0 bridgehead atoms. The van der Waals surface area contributed by atoms with Gasteiger partial charge in [0.1, 0.15) is 5.82 Å². The average Bonchev–Trinajstić information content (AvgIpc) is 3.44. The van der Waals surface area contributed by atoms with E-state index >= 15 is 0 Å². The smallest absolute Gasteiger partial charge is 0.229 e. The Kier molecular flexibility index (Phi) is 8.57. The van der Waals surface area contributed by atoms with Crippen molar-refractivity contribution < 1.29 is 8.42 Å². The Morgan fingerprint density at radius 3 is 2.59 bits per heavy atom. The van der Waals surface area contributed by atoms with Crippen LogP contribution in [-0.2, 0) is 16.6 Å². The number of rotatable bonds is 8. The number of nitrogens with one attached hydrogen (secondary N) is 2. The summed E-state index contributed by atoms with van der Waals surface area (Å²) in [6.45, 7) is 7.65. The van der Waals surface area contributed by atoms with E-state index in [-0.39, 0.29) is 0 Å². The molecule has 0 radical (unpaired) electrons. The largest absolute Gasteiger partial charge is 0.353 e. The molecule has 0 aliphatic carbocycles. The monoisotopic (exact) mass is 593 g/mol. The Balaban J connectivity index is 1.19. The van der Waals surface area contributed by atoms with E-state index in [2.05, 4.69) is 58.0 Å². The van der Waals surface area contributed by atoms with Gasteiger partial charge in [-0.1, -0.05) is 36.2 Å². The van der Waals surface area contributed by atoms with Crippen LogP contribution in [0.5, 0.6) is 0 Å². The highest BCUT2D eigenvalue weighted by Gasteiger charge is 2.34. The molecule has 4 heterocycles. The molecular formula is C25H33Cl2N9O2S. The summed E-state index contributed by atoms with van der Waals surface area (Å²) >= 11 is 12.8. The fraction of sp³-hybridized carbons (Fsp3) is 0.520. The van der Waals surface area contributed by atoms with Crippen LogP contribution in [0.2, 0.25) is 10.0 Å². The second kappa shape index (κ2) is 11.9. The number of piperazine rings is 1. The Hall–Kier alpha value is -2.51. The van der Waals surface area contributed by atoms with Crippen molar-refractivity contribution in [3.63, 3.8) is 0 Å². The Morgan fingerprint density at radius 1 is 1.13 bits per heavy atom. The van der Waals surface area contributed by atoms with Crippen molar-refractivity contribution in [3.8, 4) is 11.4 Å². The first-order valence-electron chi connectivity index (χ1n) is 13.1. The van der Waals surface area contributed by atoms with E-state index in [9.17, 15) is 8.42 Å². The lowest BCUT2D eigenvalue weighted by Gasteiger charge is -2.47. The number of piperidine rings is 1. The molecule has 2 aliphatic heterocycles. The number of aromatic amines is 1. The first-order chi connectivity index (χ1) is 18.7. The molecule has 0 amide bonds. The van der Waals surface area contributed by atoms with E-state index in [0.717, 1.165) is 75.9 Å². The summed E-state index contributed by atoms with van der Waals surface area (Å²) in [4.78, 5) is 11.9.